The van der Waals surface area contributed by atoms with Gasteiger partial charge in [-0.05, 0) is 35.0 Å². The highest BCUT2D eigenvalue weighted by Crippen LogP contribution is 2.25. The van der Waals surface area contributed by atoms with Gasteiger partial charge in [-0.1, -0.05) is 0 Å². The Balaban J connectivity index is 2.33. The van der Waals surface area contributed by atoms with Crippen molar-refractivity contribution in [1.29, 1.82) is 0 Å². The maximum atomic E-state index is 10.8. The van der Waals surface area contributed by atoms with Crippen molar-refractivity contribution >= 4 is 27.4 Å². The molecule has 0 aliphatic carbocycles. The molecule has 0 fully saturated rings. The number of aromatic nitrogens is 3. The molecule has 94 valence electrons. The molecule has 0 bridgehead atoms. The molecule has 0 saturated heterocycles. The first kappa shape index (κ1) is 12.5. The van der Waals surface area contributed by atoms with E-state index in [0.29, 0.717) is 12.2 Å². The van der Waals surface area contributed by atoms with Gasteiger partial charge in [0.15, 0.2) is 0 Å². The van der Waals surface area contributed by atoms with Gasteiger partial charge in [-0.2, -0.15) is 5.10 Å². The van der Waals surface area contributed by atoms with Crippen LogP contribution in [0.3, 0.4) is 0 Å². The summed E-state index contributed by atoms with van der Waals surface area (Å²) in [4.78, 5) is 14.4. The first-order chi connectivity index (χ1) is 8.49. The summed E-state index contributed by atoms with van der Waals surface area (Å²) in [5, 5.41) is 14.9. The lowest BCUT2D eigenvalue weighted by Crippen LogP contribution is -2.07. The number of pyridine rings is 1. The van der Waals surface area contributed by atoms with Gasteiger partial charge in [0, 0.05) is 10.7 Å². The van der Waals surface area contributed by atoms with E-state index in [4.69, 9.17) is 5.73 Å². The lowest BCUT2D eigenvalue weighted by molar-refractivity contribution is -0.384. The molecule has 7 nitrogen and oxygen atoms in total. The second-order valence-corrected chi connectivity index (χ2v) is 4.62. The van der Waals surface area contributed by atoms with Crippen LogP contribution in [0.25, 0.3) is 0 Å². The van der Waals surface area contributed by atoms with Gasteiger partial charge in [-0.15, -0.1) is 0 Å². The minimum Gasteiger partial charge on any atom is -0.378 e. The number of nitrogens with two attached hydrogens (primary N) is 1. The van der Waals surface area contributed by atoms with Crippen LogP contribution in [0.15, 0.2) is 22.8 Å². The quantitative estimate of drug-likeness (QED) is 0.689. The van der Waals surface area contributed by atoms with E-state index in [9.17, 15) is 10.1 Å². The Morgan fingerprint density at radius 2 is 2.28 bits per heavy atom. The van der Waals surface area contributed by atoms with E-state index in [1.54, 1.807) is 19.2 Å². The summed E-state index contributed by atoms with van der Waals surface area (Å²) in [7, 11) is 0. The summed E-state index contributed by atoms with van der Waals surface area (Å²) in [5.41, 5.74) is 6.58. The zero-order chi connectivity index (χ0) is 13.3. The summed E-state index contributed by atoms with van der Waals surface area (Å²) in [6.45, 7) is 1.85. The highest BCUT2D eigenvalue weighted by atomic mass is 79.9. The molecule has 0 atom stereocenters. The number of nitro groups is 1. The van der Waals surface area contributed by atoms with E-state index in [2.05, 4.69) is 26.0 Å². The van der Waals surface area contributed by atoms with Crippen molar-refractivity contribution in [1.82, 2.24) is 14.8 Å². The van der Waals surface area contributed by atoms with E-state index in [1.165, 1.54) is 4.68 Å². The Hall–Kier alpha value is -1.96. The SMILES string of the molecule is Cc1nn(Cc2ccc(Br)cn2)c(N)c1[N+](=O)[O-]. The Kier molecular flexibility index (Phi) is 3.28. The molecule has 2 aromatic heterocycles. The van der Waals surface area contributed by atoms with Gasteiger partial charge >= 0.3 is 5.69 Å². The molecule has 2 heterocycles. The van der Waals surface area contributed by atoms with Gasteiger partial charge in [-0.25, -0.2) is 4.68 Å². The second-order valence-electron chi connectivity index (χ2n) is 3.70. The number of nitrogen functional groups attached to an aromatic ring is 1. The zero-order valence-electron chi connectivity index (χ0n) is 9.50. The third-order valence-corrected chi connectivity index (χ3v) is 2.89. The van der Waals surface area contributed by atoms with Crippen molar-refractivity contribution in [2.45, 2.75) is 13.5 Å². The van der Waals surface area contributed by atoms with Gasteiger partial charge in [0.1, 0.15) is 5.69 Å². The largest absolute Gasteiger partial charge is 0.378 e. The molecule has 0 saturated carbocycles. The monoisotopic (exact) mass is 311 g/mol. The molecule has 0 aromatic carbocycles. The van der Waals surface area contributed by atoms with E-state index < -0.39 is 4.92 Å². The van der Waals surface area contributed by atoms with Crippen molar-refractivity contribution in [3.63, 3.8) is 0 Å². The molecule has 0 amide bonds. The molecule has 0 radical (unpaired) electrons. The van der Waals surface area contributed by atoms with Crippen LogP contribution < -0.4 is 5.73 Å². The van der Waals surface area contributed by atoms with Crippen molar-refractivity contribution in [2.24, 2.45) is 0 Å². The van der Waals surface area contributed by atoms with Crippen LogP contribution in [0.4, 0.5) is 11.5 Å². The lowest BCUT2D eigenvalue weighted by atomic mass is 10.3. The summed E-state index contributed by atoms with van der Waals surface area (Å²) >= 11 is 3.28. The third-order valence-electron chi connectivity index (χ3n) is 2.42. The van der Waals surface area contributed by atoms with E-state index in [-0.39, 0.29) is 11.5 Å². The molecule has 0 aliphatic heterocycles. The fourth-order valence-corrected chi connectivity index (χ4v) is 1.82. The van der Waals surface area contributed by atoms with Crippen LogP contribution in [0, 0.1) is 17.0 Å². The molecule has 0 unspecified atom stereocenters. The van der Waals surface area contributed by atoms with Crippen molar-refractivity contribution in [2.75, 3.05) is 5.73 Å². The number of aryl methyl sites for hydroxylation is 1. The number of halogens is 1. The summed E-state index contributed by atoms with van der Waals surface area (Å²) in [6, 6.07) is 3.63. The standard InChI is InChI=1S/C10H10BrN5O2/c1-6-9(16(17)18)10(12)15(14-6)5-8-3-2-7(11)4-13-8/h2-4H,5,12H2,1H3. The average molecular weight is 312 g/mol. The van der Waals surface area contributed by atoms with E-state index in [0.717, 1.165) is 10.2 Å². The first-order valence-corrected chi connectivity index (χ1v) is 5.86. The normalized spacial score (nSPS) is 10.6. The highest BCUT2D eigenvalue weighted by Gasteiger charge is 2.22. The smallest absolute Gasteiger partial charge is 0.333 e. The number of rotatable bonds is 3. The molecule has 2 rings (SSSR count). The minimum absolute atomic E-state index is 0.0437. The summed E-state index contributed by atoms with van der Waals surface area (Å²) in [5.74, 6) is 0.0437. The molecule has 0 spiro atoms. The van der Waals surface area contributed by atoms with E-state index in [1.807, 2.05) is 6.07 Å². The zero-order valence-corrected chi connectivity index (χ0v) is 11.1. The minimum atomic E-state index is -0.525. The van der Waals surface area contributed by atoms with Gasteiger partial charge in [0.05, 0.1) is 17.2 Å². The van der Waals surface area contributed by atoms with E-state index >= 15 is 0 Å². The van der Waals surface area contributed by atoms with Gasteiger partial charge in [0.2, 0.25) is 5.82 Å². The van der Waals surface area contributed by atoms with Crippen LogP contribution >= 0.6 is 15.9 Å². The van der Waals surface area contributed by atoms with Crippen LogP contribution in [0.1, 0.15) is 11.4 Å². The topological polar surface area (TPSA) is 99.9 Å². The molecular weight excluding hydrogens is 302 g/mol. The maximum Gasteiger partial charge on any atom is 0.333 e. The fraction of sp³-hybridized carbons (Fsp3) is 0.200. The average Bonchev–Trinajstić information content (AvgIpc) is 2.57. The predicted molar refractivity (Wildman–Crippen MR) is 69.1 cm³/mol. The van der Waals surface area contributed by atoms with Crippen LogP contribution in [-0.4, -0.2) is 19.7 Å². The van der Waals surface area contributed by atoms with Gasteiger partial charge in [0.25, 0.3) is 0 Å². The number of hydrogen-bond acceptors (Lipinski definition) is 5. The molecule has 0 aliphatic rings. The van der Waals surface area contributed by atoms with Gasteiger partial charge in [-0.3, -0.25) is 15.1 Å². The molecule has 8 heteroatoms. The maximum absolute atomic E-state index is 10.8. The second kappa shape index (κ2) is 4.73. The molecule has 18 heavy (non-hydrogen) atoms. The summed E-state index contributed by atoms with van der Waals surface area (Å²) < 4.78 is 2.24. The summed E-state index contributed by atoms with van der Waals surface area (Å²) in [6.07, 6.45) is 1.65. The Morgan fingerprint density at radius 1 is 1.56 bits per heavy atom. The van der Waals surface area contributed by atoms with Crippen LogP contribution in [-0.2, 0) is 6.54 Å². The lowest BCUT2D eigenvalue weighted by Gasteiger charge is -2.02. The number of nitrogens with zero attached hydrogens (tertiary/aromatic N) is 4. The van der Waals surface area contributed by atoms with Crippen molar-refractivity contribution in [3.8, 4) is 0 Å². The first-order valence-electron chi connectivity index (χ1n) is 5.06. The van der Waals surface area contributed by atoms with Crippen LogP contribution in [0.5, 0.6) is 0 Å². The Labute approximate surface area is 111 Å². The molecule has 2 N–H and O–H groups in total. The number of anilines is 1. The Bertz CT molecular complexity index is 593. The highest BCUT2D eigenvalue weighted by molar-refractivity contribution is 9.10. The van der Waals surface area contributed by atoms with Crippen molar-refractivity contribution in [3.05, 3.63) is 44.3 Å². The molecule has 2 aromatic rings. The molecular formula is C10H10BrN5O2. The third kappa shape index (κ3) is 2.33. The number of hydrogen-bond donors (Lipinski definition) is 1. The Morgan fingerprint density at radius 3 is 2.78 bits per heavy atom. The fourth-order valence-electron chi connectivity index (χ4n) is 1.59. The van der Waals surface area contributed by atoms with Gasteiger partial charge < -0.3 is 5.73 Å². The van der Waals surface area contributed by atoms with Crippen molar-refractivity contribution < 1.29 is 4.92 Å². The van der Waals surface area contributed by atoms with Crippen LogP contribution in [0.2, 0.25) is 0 Å². The predicted octanol–water partition coefficient (Wildman–Crippen LogP) is 1.89.